The molecule has 0 saturated heterocycles. The normalized spacial score (nSPS) is 11.9. The molecule has 1 aromatic carbocycles. The summed E-state index contributed by atoms with van der Waals surface area (Å²) >= 11 is 5.98. The summed E-state index contributed by atoms with van der Waals surface area (Å²) in [6.07, 6.45) is 1.80. The number of anilines is 1. The maximum atomic E-state index is 12.4. The van der Waals surface area contributed by atoms with E-state index in [9.17, 15) is 9.59 Å². The van der Waals surface area contributed by atoms with E-state index in [0.717, 1.165) is 5.56 Å². The maximum absolute atomic E-state index is 12.4. The molecule has 1 N–H and O–H groups in total. The number of aromatic nitrogens is 4. The van der Waals surface area contributed by atoms with Crippen molar-refractivity contribution in [1.82, 2.24) is 19.1 Å². The monoisotopic (exact) mass is 373 g/mol. The average molecular weight is 374 g/mol. The molecule has 0 fully saturated rings. The number of H-pyrrole nitrogens is 1. The second-order valence-corrected chi connectivity index (χ2v) is 6.74. The van der Waals surface area contributed by atoms with Crippen molar-refractivity contribution in [3.8, 4) is 0 Å². The fourth-order valence-electron chi connectivity index (χ4n) is 2.83. The van der Waals surface area contributed by atoms with Crippen molar-refractivity contribution in [2.45, 2.75) is 20.0 Å². The molecule has 3 rings (SSSR count). The SMILES string of the molecule is C/C(Cl)=C\Cn1c(N(C)Cc2ccccc2)nc2c1c(=O)[nH]c(=O)n2C. The number of nitrogens with zero attached hydrogens (tertiary/aromatic N) is 4. The van der Waals surface area contributed by atoms with E-state index in [0.29, 0.717) is 35.2 Å². The molecule has 136 valence electrons. The Bertz CT molecular complexity index is 1070. The van der Waals surface area contributed by atoms with Gasteiger partial charge in [-0.15, -0.1) is 0 Å². The first kappa shape index (κ1) is 18.0. The molecular weight excluding hydrogens is 354 g/mol. The standard InChI is InChI=1S/C18H20ClN5O2/c1-12(19)9-10-24-14-15(23(3)18(26)21-16(14)25)20-17(24)22(2)11-13-7-5-4-6-8-13/h4-9H,10-11H2,1-3H3,(H,21,25,26)/b12-9+. The molecule has 0 aliphatic rings. The summed E-state index contributed by atoms with van der Waals surface area (Å²) in [7, 11) is 3.48. The van der Waals surface area contributed by atoms with Crippen LogP contribution in [0.15, 0.2) is 51.0 Å². The summed E-state index contributed by atoms with van der Waals surface area (Å²) in [5.74, 6) is 0.588. The van der Waals surface area contributed by atoms with E-state index in [1.807, 2.05) is 42.3 Å². The number of hydrogen-bond acceptors (Lipinski definition) is 4. The first-order valence-corrected chi connectivity index (χ1v) is 8.53. The van der Waals surface area contributed by atoms with Crippen molar-refractivity contribution in [3.05, 3.63) is 67.8 Å². The van der Waals surface area contributed by atoms with Crippen LogP contribution in [-0.4, -0.2) is 26.1 Å². The van der Waals surface area contributed by atoms with Gasteiger partial charge in [-0.05, 0) is 12.5 Å². The summed E-state index contributed by atoms with van der Waals surface area (Å²) in [5, 5.41) is 0.616. The minimum atomic E-state index is -0.492. The highest BCUT2D eigenvalue weighted by atomic mass is 35.5. The van der Waals surface area contributed by atoms with Gasteiger partial charge < -0.3 is 9.47 Å². The Balaban J connectivity index is 2.16. The summed E-state index contributed by atoms with van der Waals surface area (Å²) < 4.78 is 3.10. The van der Waals surface area contributed by atoms with Crippen LogP contribution < -0.4 is 16.1 Å². The number of fused-ring (bicyclic) bond motifs is 1. The van der Waals surface area contributed by atoms with Crippen molar-refractivity contribution >= 4 is 28.7 Å². The third-order valence-electron chi connectivity index (χ3n) is 4.15. The molecular formula is C18H20ClN5O2. The van der Waals surface area contributed by atoms with Crippen LogP contribution in [0.25, 0.3) is 11.2 Å². The Labute approximate surface area is 155 Å². The van der Waals surface area contributed by atoms with E-state index < -0.39 is 11.2 Å². The second kappa shape index (κ2) is 7.21. The van der Waals surface area contributed by atoms with Crippen LogP contribution in [0.3, 0.4) is 0 Å². The van der Waals surface area contributed by atoms with Gasteiger partial charge in [-0.25, -0.2) is 4.79 Å². The van der Waals surface area contributed by atoms with Crippen LogP contribution in [-0.2, 0) is 20.1 Å². The van der Waals surface area contributed by atoms with E-state index in [1.54, 1.807) is 24.6 Å². The van der Waals surface area contributed by atoms with Crippen LogP contribution in [0.1, 0.15) is 12.5 Å². The predicted octanol–water partition coefficient (Wildman–Crippen LogP) is 2.20. The Hall–Kier alpha value is -2.80. The van der Waals surface area contributed by atoms with Gasteiger partial charge in [0.1, 0.15) is 0 Å². The first-order valence-electron chi connectivity index (χ1n) is 8.15. The summed E-state index contributed by atoms with van der Waals surface area (Å²) in [6.45, 7) is 2.76. The third-order valence-corrected chi connectivity index (χ3v) is 4.30. The highest BCUT2D eigenvalue weighted by molar-refractivity contribution is 6.29. The smallest absolute Gasteiger partial charge is 0.329 e. The van der Waals surface area contributed by atoms with E-state index in [-0.39, 0.29) is 0 Å². The minimum absolute atomic E-state index is 0.342. The molecule has 0 spiro atoms. The number of aryl methyl sites for hydroxylation is 1. The Morgan fingerprint density at radius 2 is 2.00 bits per heavy atom. The zero-order chi connectivity index (χ0) is 18.8. The lowest BCUT2D eigenvalue weighted by atomic mass is 10.2. The highest BCUT2D eigenvalue weighted by Crippen LogP contribution is 2.20. The number of hydrogen-bond donors (Lipinski definition) is 1. The molecule has 2 aromatic heterocycles. The minimum Gasteiger partial charge on any atom is -0.341 e. The number of halogens is 1. The molecule has 2 heterocycles. The van der Waals surface area contributed by atoms with Gasteiger partial charge in [0, 0.05) is 32.2 Å². The topological polar surface area (TPSA) is 75.9 Å². The molecule has 0 bridgehead atoms. The largest absolute Gasteiger partial charge is 0.341 e. The van der Waals surface area contributed by atoms with Crippen LogP contribution in [0.4, 0.5) is 5.95 Å². The number of imidazole rings is 1. The number of allylic oxidation sites excluding steroid dienone is 2. The third kappa shape index (κ3) is 3.43. The van der Waals surface area contributed by atoms with Gasteiger partial charge >= 0.3 is 5.69 Å². The van der Waals surface area contributed by atoms with Crippen molar-refractivity contribution in [2.24, 2.45) is 7.05 Å². The summed E-state index contributed by atoms with van der Waals surface area (Å²) in [5.41, 5.74) is 0.843. The van der Waals surface area contributed by atoms with E-state index in [1.165, 1.54) is 4.57 Å². The molecule has 0 atom stereocenters. The van der Waals surface area contributed by atoms with Crippen molar-refractivity contribution in [2.75, 3.05) is 11.9 Å². The van der Waals surface area contributed by atoms with Crippen molar-refractivity contribution < 1.29 is 0 Å². The predicted molar refractivity (Wildman–Crippen MR) is 104 cm³/mol. The molecule has 0 amide bonds. The number of benzene rings is 1. The van der Waals surface area contributed by atoms with Crippen molar-refractivity contribution in [3.63, 3.8) is 0 Å². The van der Waals surface area contributed by atoms with E-state index in [4.69, 9.17) is 11.6 Å². The molecule has 0 unspecified atom stereocenters. The van der Waals surface area contributed by atoms with Gasteiger partial charge in [-0.2, -0.15) is 4.98 Å². The summed E-state index contributed by atoms with van der Waals surface area (Å²) in [4.78, 5) is 33.2. The Morgan fingerprint density at radius 1 is 1.31 bits per heavy atom. The van der Waals surface area contributed by atoms with Crippen LogP contribution >= 0.6 is 11.6 Å². The van der Waals surface area contributed by atoms with Gasteiger partial charge in [0.05, 0.1) is 0 Å². The van der Waals surface area contributed by atoms with Gasteiger partial charge in [-0.1, -0.05) is 48.0 Å². The van der Waals surface area contributed by atoms with Crippen LogP contribution in [0.5, 0.6) is 0 Å². The Kier molecular flexibility index (Phi) is 4.99. The molecule has 0 radical (unpaired) electrons. The number of nitrogens with one attached hydrogen (secondary N) is 1. The van der Waals surface area contributed by atoms with Crippen molar-refractivity contribution in [1.29, 1.82) is 0 Å². The fourth-order valence-corrected chi connectivity index (χ4v) is 2.90. The van der Waals surface area contributed by atoms with Gasteiger partial charge in [0.15, 0.2) is 11.2 Å². The van der Waals surface area contributed by atoms with Crippen LogP contribution in [0.2, 0.25) is 0 Å². The number of rotatable bonds is 5. The lowest BCUT2D eigenvalue weighted by Crippen LogP contribution is -2.29. The average Bonchev–Trinajstić information content (AvgIpc) is 2.99. The Morgan fingerprint density at radius 3 is 2.65 bits per heavy atom. The van der Waals surface area contributed by atoms with Crippen LogP contribution in [0, 0.1) is 0 Å². The molecule has 0 aliphatic carbocycles. The molecule has 26 heavy (non-hydrogen) atoms. The lowest BCUT2D eigenvalue weighted by molar-refractivity contribution is 0.774. The van der Waals surface area contributed by atoms with Gasteiger partial charge in [-0.3, -0.25) is 14.3 Å². The fraction of sp³-hybridized carbons (Fsp3) is 0.278. The quantitative estimate of drug-likeness (QED) is 0.744. The molecule has 0 aliphatic heterocycles. The zero-order valence-electron chi connectivity index (χ0n) is 14.9. The zero-order valence-corrected chi connectivity index (χ0v) is 15.6. The highest BCUT2D eigenvalue weighted by Gasteiger charge is 2.19. The molecule has 0 saturated carbocycles. The molecule has 3 aromatic rings. The number of aromatic amines is 1. The van der Waals surface area contributed by atoms with E-state index in [2.05, 4.69) is 9.97 Å². The summed E-state index contributed by atoms with van der Waals surface area (Å²) in [6, 6.07) is 9.95. The molecule has 7 nitrogen and oxygen atoms in total. The van der Waals surface area contributed by atoms with Gasteiger partial charge in [0.25, 0.3) is 5.56 Å². The molecule has 8 heteroatoms. The van der Waals surface area contributed by atoms with E-state index >= 15 is 0 Å². The first-order chi connectivity index (χ1) is 12.4. The maximum Gasteiger partial charge on any atom is 0.329 e. The lowest BCUT2D eigenvalue weighted by Gasteiger charge is -2.19. The second-order valence-electron chi connectivity index (χ2n) is 6.15. The van der Waals surface area contributed by atoms with Gasteiger partial charge in [0.2, 0.25) is 5.95 Å².